The zero-order chi connectivity index (χ0) is 42.0. The summed E-state index contributed by atoms with van der Waals surface area (Å²) in [5, 5.41) is 2.72. The molecular formula is C58H47BN2S. The van der Waals surface area contributed by atoms with Crippen molar-refractivity contribution in [2.45, 2.75) is 64.7 Å². The second kappa shape index (κ2) is 12.2. The SMILES string of the molecule is CC(C)(C)c1ccc(N2c3cc4c(cc3B3c5c2cc2sc6ccccc6c2c5-c2cccc5c2N3c2ccccc2C5(C)C)C(C)(C)c2ccccc2-4)c(-c2ccccc2)c1. The maximum Gasteiger partial charge on any atom is 0.333 e. The average Bonchev–Trinajstić information content (AvgIpc) is 3.76. The molecule has 0 unspecified atom stereocenters. The maximum absolute atomic E-state index is 2.76. The molecule has 0 fully saturated rings. The highest BCUT2D eigenvalue weighted by Gasteiger charge is 2.52. The van der Waals surface area contributed by atoms with E-state index >= 15 is 0 Å². The van der Waals surface area contributed by atoms with Gasteiger partial charge >= 0.3 is 6.85 Å². The number of para-hydroxylation sites is 2. The third-order valence-corrected chi connectivity index (χ3v) is 16.1. The minimum atomic E-state index is -0.187. The van der Waals surface area contributed by atoms with Crippen molar-refractivity contribution in [3.05, 3.63) is 186 Å². The predicted molar refractivity (Wildman–Crippen MR) is 267 cm³/mol. The summed E-state index contributed by atoms with van der Waals surface area (Å²) < 4.78 is 2.66. The monoisotopic (exact) mass is 814 g/mol. The molecule has 13 rings (SSSR count). The summed E-state index contributed by atoms with van der Waals surface area (Å²) in [4.78, 5) is 5.43. The molecule has 4 aliphatic rings. The topological polar surface area (TPSA) is 6.48 Å². The van der Waals surface area contributed by atoms with Gasteiger partial charge in [-0.1, -0.05) is 170 Å². The van der Waals surface area contributed by atoms with Crippen LogP contribution >= 0.6 is 11.3 Å². The van der Waals surface area contributed by atoms with E-state index in [9.17, 15) is 0 Å². The minimum absolute atomic E-state index is 0.0188. The molecular weight excluding hydrogens is 768 g/mol. The van der Waals surface area contributed by atoms with E-state index in [0.717, 1.165) is 0 Å². The summed E-state index contributed by atoms with van der Waals surface area (Å²) in [6, 6.07) is 60.7. The molecule has 1 aromatic heterocycles. The van der Waals surface area contributed by atoms with Crippen molar-refractivity contribution in [1.82, 2.24) is 0 Å². The molecule has 62 heavy (non-hydrogen) atoms. The van der Waals surface area contributed by atoms with Gasteiger partial charge in [-0.15, -0.1) is 11.3 Å². The number of fused-ring (bicyclic) bond motifs is 13. The van der Waals surface area contributed by atoms with E-state index in [1.807, 2.05) is 11.3 Å². The Labute approximate surface area is 369 Å². The predicted octanol–water partition coefficient (Wildman–Crippen LogP) is 14.7. The van der Waals surface area contributed by atoms with Gasteiger partial charge < -0.3 is 9.71 Å². The number of hydrogen-bond donors (Lipinski definition) is 0. The van der Waals surface area contributed by atoms with Crippen molar-refractivity contribution in [3.63, 3.8) is 0 Å². The first-order valence-corrected chi connectivity index (χ1v) is 23.0. The lowest BCUT2D eigenvalue weighted by atomic mass is 9.42. The van der Waals surface area contributed by atoms with Crippen molar-refractivity contribution < 1.29 is 0 Å². The Kier molecular flexibility index (Phi) is 7.13. The van der Waals surface area contributed by atoms with E-state index < -0.39 is 0 Å². The number of rotatable bonds is 2. The van der Waals surface area contributed by atoms with Gasteiger partial charge in [0.1, 0.15) is 0 Å². The quantitative estimate of drug-likeness (QED) is 0.160. The average molecular weight is 815 g/mol. The van der Waals surface area contributed by atoms with Crippen LogP contribution in [-0.2, 0) is 16.2 Å². The Balaban J connectivity index is 1.24. The van der Waals surface area contributed by atoms with Crippen molar-refractivity contribution in [1.29, 1.82) is 0 Å². The number of anilines is 5. The van der Waals surface area contributed by atoms with Gasteiger partial charge in [-0.25, -0.2) is 0 Å². The van der Waals surface area contributed by atoms with Gasteiger partial charge in [0.05, 0.1) is 5.69 Å². The second-order valence-electron chi connectivity index (χ2n) is 20.1. The largest absolute Gasteiger partial charge is 0.376 e. The number of hydrogen-bond acceptors (Lipinski definition) is 3. The summed E-state index contributed by atoms with van der Waals surface area (Å²) in [5.41, 5.74) is 23.5. The van der Waals surface area contributed by atoms with Crippen LogP contribution in [0.1, 0.15) is 76.3 Å². The normalized spacial score (nSPS) is 15.8. The number of thiophene rings is 1. The van der Waals surface area contributed by atoms with Gasteiger partial charge in [0.2, 0.25) is 0 Å². The Bertz CT molecular complexity index is 3420. The molecule has 0 saturated carbocycles. The minimum Gasteiger partial charge on any atom is -0.376 e. The van der Waals surface area contributed by atoms with Crippen LogP contribution in [-0.4, -0.2) is 6.85 Å². The van der Waals surface area contributed by atoms with Crippen LogP contribution in [0.5, 0.6) is 0 Å². The Morgan fingerprint density at radius 3 is 2.02 bits per heavy atom. The smallest absolute Gasteiger partial charge is 0.333 e. The van der Waals surface area contributed by atoms with Gasteiger partial charge in [-0.05, 0) is 103 Å². The van der Waals surface area contributed by atoms with Crippen LogP contribution in [0.25, 0.3) is 53.6 Å². The summed E-state index contributed by atoms with van der Waals surface area (Å²) in [6.45, 7) is 16.6. The van der Waals surface area contributed by atoms with Crippen molar-refractivity contribution in [2.24, 2.45) is 0 Å². The molecule has 0 atom stereocenters. The summed E-state index contributed by atoms with van der Waals surface area (Å²) in [5.74, 6) is 0. The van der Waals surface area contributed by atoms with E-state index in [0.29, 0.717) is 0 Å². The summed E-state index contributed by atoms with van der Waals surface area (Å²) >= 11 is 1.93. The summed E-state index contributed by atoms with van der Waals surface area (Å²) in [7, 11) is 0. The van der Waals surface area contributed by atoms with Crippen LogP contribution < -0.4 is 20.6 Å². The van der Waals surface area contributed by atoms with Crippen LogP contribution in [0.15, 0.2) is 158 Å². The molecule has 298 valence electrons. The molecule has 3 aliphatic heterocycles. The lowest BCUT2D eigenvalue weighted by Gasteiger charge is -2.51. The highest BCUT2D eigenvalue weighted by atomic mass is 32.1. The maximum atomic E-state index is 2.76. The van der Waals surface area contributed by atoms with Crippen molar-refractivity contribution in [3.8, 4) is 33.4 Å². The summed E-state index contributed by atoms with van der Waals surface area (Å²) in [6.07, 6.45) is 0. The van der Waals surface area contributed by atoms with E-state index in [-0.39, 0.29) is 23.1 Å². The number of benzene rings is 8. The number of nitrogens with zero attached hydrogens (tertiary/aromatic N) is 2. The highest BCUT2D eigenvalue weighted by Crippen LogP contribution is 2.59. The third-order valence-electron chi connectivity index (χ3n) is 15.0. The molecule has 4 heterocycles. The zero-order valence-corrected chi connectivity index (χ0v) is 37.2. The Morgan fingerprint density at radius 1 is 0.500 bits per heavy atom. The third kappa shape index (κ3) is 4.61. The van der Waals surface area contributed by atoms with Gasteiger partial charge in [-0.3, -0.25) is 0 Å². The molecule has 4 heteroatoms. The lowest BCUT2D eigenvalue weighted by molar-refractivity contribution is 0.590. The van der Waals surface area contributed by atoms with Gasteiger partial charge in [0.25, 0.3) is 0 Å². The molecule has 0 radical (unpaired) electrons. The highest BCUT2D eigenvalue weighted by molar-refractivity contribution is 7.26. The molecule has 0 N–H and O–H groups in total. The Hall–Kier alpha value is -6.36. The van der Waals surface area contributed by atoms with Crippen LogP contribution in [0.3, 0.4) is 0 Å². The molecule has 0 spiro atoms. The molecule has 1 aliphatic carbocycles. The lowest BCUT2D eigenvalue weighted by Crippen LogP contribution is -2.63. The van der Waals surface area contributed by atoms with E-state index in [1.165, 1.54) is 121 Å². The van der Waals surface area contributed by atoms with Gasteiger partial charge in [0.15, 0.2) is 0 Å². The molecule has 0 saturated heterocycles. The van der Waals surface area contributed by atoms with Crippen molar-refractivity contribution >= 4 is 77.7 Å². The molecule has 0 bridgehead atoms. The van der Waals surface area contributed by atoms with Crippen LogP contribution in [0, 0.1) is 0 Å². The second-order valence-corrected chi connectivity index (χ2v) is 21.2. The fraction of sp³-hybridized carbons (Fsp3) is 0.172. The van der Waals surface area contributed by atoms with E-state index in [1.54, 1.807) is 0 Å². The first-order chi connectivity index (χ1) is 29.9. The first-order valence-electron chi connectivity index (χ1n) is 22.2. The molecule has 0 amide bonds. The van der Waals surface area contributed by atoms with Gasteiger partial charge in [0, 0.05) is 64.9 Å². The van der Waals surface area contributed by atoms with Gasteiger partial charge in [-0.2, -0.15) is 0 Å². The Morgan fingerprint density at radius 2 is 1.19 bits per heavy atom. The van der Waals surface area contributed by atoms with Crippen LogP contribution in [0.2, 0.25) is 0 Å². The first kappa shape index (κ1) is 36.3. The van der Waals surface area contributed by atoms with E-state index in [2.05, 4.69) is 216 Å². The fourth-order valence-electron chi connectivity index (χ4n) is 11.9. The molecule has 9 aromatic rings. The van der Waals surface area contributed by atoms with E-state index in [4.69, 9.17) is 0 Å². The zero-order valence-electron chi connectivity index (χ0n) is 36.4. The standard InChI is InChI=1S/C58H47BN2S/c1-56(2,3)35-28-29-46(39(30-35)34-18-9-8-10-19-34)60-48-31-40-36-20-11-13-23-41(36)57(4,5)44(40)32-45(48)59-54-49(60)33-51-52(37-21-12-16-27-50(37)62-51)53(54)38-22-17-25-43-55(38)61(59)47-26-15-14-24-42(47)58(43,6)7/h8-33H,1-7H3. The fourth-order valence-corrected chi connectivity index (χ4v) is 13.1. The van der Waals surface area contributed by atoms with Crippen molar-refractivity contribution in [2.75, 3.05) is 9.71 Å². The molecule has 8 aromatic carbocycles. The van der Waals surface area contributed by atoms with Crippen LogP contribution in [0.4, 0.5) is 28.4 Å². The molecule has 2 nitrogen and oxygen atoms in total.